The van der Waals surface area contributed by atoms with Crippen LogP contribution in [-0.4, -0.2) is 0 Å². The third-order valence-corrected chi connectivity index (χ3v) is 3.17. The van der Waals surface area contributed by atoms with Crippen LogP contribution >= 0.6 is 11.6 Å². The van der Waals surface area contributed by atoms with E-state index in [0.29, 0.717) is 11.4 Å². The molecule has 0 atom stereocenters. The van der Waals surface area contributed by atoms with E-state index in [1.165, 1.54) is 17.7 Å². The Hall–Kier alpha value is -1.74. The number of halogens is 2. The van der Waals surface area contributed by atoms with Crippen LogP contribution in [0.1, 0.15) is 11.1 Å². The zero-order valence-electron chi connectivity index (χ0n) is 10.2. The molecule has 2 rings (SSSR count). The first-order valence-corrected chi connectivity index (χ1v) is 5.94. The summed E-state index contributed by atoms with van der Waals surface area (Å²) in [6, 6.07) is 8.61. The standard InChI is InChI=1S/C14H14ClFN2/c1-8-3-4-10(5-9(8)2)18-14-7-12(16)11(15)6-13(14)17/h3-7,18H,17H2,1-2H3. The lowest BCUT2D eigenvalue weighted by molar-refractivity contribution is 0.629. The lowest BCUT2D eigenvalue weighted by atomic mass is 10.1. The molecule has 0 aliphatic carbocycles. The molecule has 0 aromatic heterocycles. The Morgan fingerprint density at radius 1 is 1.11 bits per heavy atom. The summed E-state index contributed by atoms with van der Waals surface area (Å²) in [6.07, 6.45) is 0. The maximum Gasteiger partial charge on any atom is 0.144 e. The Morgan fingerprint density at radius 3 is 2.50 bits per heavy atom. The molecule has 2 aromatic rings. The van der Waals surface area contributed by atoms with E-state index in [4.69, 9.17) is 17.3 Å². The largest absolute Gasteiger partial charge is 0.397 e. The maximum atomic E-state index is 13.4. The summed E-state index contributed by atoms with van der Waals surface area (Å²) in [5, 5.41) is 3.11. The van der Waals surface area contributed by atoms with Crippen molar-refractivity contribution in [2.24, 2.45) is 0 Å². The maximum absolute atomic E-state index is 13.4. The second-order valence-electron chi connectivity index (χ2n) is 4.28. The van der Waals surface area contributed by atoms with E-state index in [0.717, 1.165) is 11.3 Å². The second-order valence-corrected chi connectivity index (χ2v) is 4.68. The van der Waals surface area contributed by atoms with Crippen LogP contribution in [0.25, 0.3) is 0 Å². The molecule has 94 valence electrons. The number of aryl methyl sites for hydroxylation is 2. The van der Waals surface area contributed by atoms with Crippen molar-refractivity contribution in [1.82, 2.24) is 0 Å². The third-order valence-electron chi connectivity index (χ3n) is 2.88. The van der Waals surface area contributed by atoms with Gasteiger partial charge in [-0.25, -0.2) is 4.39 Å². The number of nitrogens with two attached hydrogens (primary N) is 1. The molecule has 4 heteroatoms. The Labute approximate surface area is 111 Å². The van der Waals surface area contributed by atoms with E-state index < -0.39 is 5.82 Å². The van der Waals surface area contributed by atoms with E-state index in [-0.39, 0.29) is 5.02 Å². The normalized spacial score (nSPS) is 10.4. The Kier molecular flexibility index (Phi) is 3.43. The average Bonchev–Trinajstić information content (AvgIpc) is 2.31. The minimum absolute atomic E-state index is 0.0261. The zero-order valence-corrected chi connectivity index (χ0v) is 11.0. The predicted molar refractivity (Wildman–Crippen MR) is 75.0 cm³/mol. The quantitative estimate of drug-likeness (QED) is 0.788. The fraction of sp³-hybridized carbons (Fsp3) is 0.143. The predicted octanol–water partition coefficient (Wildman–Crippen LogP) is 4.42. The highest BCUT2D eigenvalue weighted by atomic mass is 35.5. The van der Waals surface area contributed by atoms with Crippen LogP contribution in [0.4, 0.5) is 21.5 Å². The molecular formula is C14H14ClFN2. The van der Waals surface area contributed by atoms with Crippen molar-refractivity contribution in [2.75, 3.05) is 11.1 Å². The monoisotopic (exact) mass is 264 g/mol. The van der Waals surface area contributed by atoms with Gasteiger partial charge in [-0.3, -0.25) is 0 Å². The first-order chi connectivity index (χ1) is 8.47. The van der Waals surface area contributed by atoms with Gasteiger partial charge in [0.25, 0.3) is 0 Å². The zero-order chi connectivity index (χ0) is 13.3. The molecule has 0 aliphatic heterocycles. The van der Waals surface area contributed by atoms with Crippen molar-refractivity contribution in [2.45, 2.75) is 13.8 Å². The molecule has 0 spiro atoms. The Bertz CT molecular complexity index is 597. The summed E-state index contributed by atoms with van der Waals surface area (Å²) in [5.41, 5.74) is 9.95. The topological polar surface area (TPSA) is 38.0 Å². The van der Waals surface area contributed by atoms with Gasteiger partial charge in [0, 0.05) is 11.8 Å². The molecule has 0 radical (unpaired) electrons. The lowest BCUT2D eigenvalue weighted by Crippen LogP contribution is -1.98. The summed E-state index contributed by atoms with van der Waals surface area (Å²) >= 11 is 5.65. The van der Waals surface area contributed by atoms with Crippen LogP contribution in [0.5, 0.6) is 0 Å². The Balaban J connectivity index is 2.34. The van der Waals surface area contributed by atoms with Gasteiger partial charge in [-0.1, -0.05) is 17.7 Å². The fourth-order valence-electron chi connectivity index (χ4n) is 1.65. The number of hydrogen-bond donors (Lipinski definition) is 2. The molecular weight excluding hydrogens is 251 g/mol. The number of hydrogen-bond acceptors (Lipinski definition) is 2. The van der Waals surface area contributed by atoms with Gasteiger partial charge in [0.2, 0.25) is 0 Å². The van der Waals surface area contributed by atoms with Crippen LogP contribution in [0.2, 0.25) is 5.02 Å². The van der Waals surface area contributed by atoms with Crippen molar-refractivity contribution in [1.29, 1.82) is 0 Å². The van der Waals surface area contributed by atoms with E-state index in [1.807, 2.05) is 32.0 Å². The van der Waals surface area contributed by atoms with Crippen molar-refractivity contribution in [3.8, 4) is 0 Å². The van der Waals surface area contributed by atoms with Gasteiger partial charge in [0.05, 0.1) is 16.4 Å². The van der Waals surface area contributed by atoms with E-state index in [1.54, 1.807) is 0 Å². The molecule has 0 unspecified atom stereocenters. The lowest BCUT2D eigenvalue weighted by Gasteiger charge is -2.11. The smallest absolute Gasteiger partial charge is 0.144 e. The third kappa shape index (κ3) is 2.57. The minimum Gasteiger partial charge on any atom is -0.397 e. The van der Waals surface area contributed by atoms with Crippen LogP contribution in [-0.2, 0) is 0 Å². The highest BCUT2D eigenvalue weighted by molar-refractivity contribution is 6.31. The number of nitrogen functional groups attached to an aromatic ring is 1. The number of anilines is 3. The highest BCUT2D eigenvalue weighted by Gasteiger charge is 2.07. The molecule has 2 nitrogen and oxygen atoms in total. The van der Waals surface area contributed by atoms with Crippen LogP contribution < -0.4 is 11.1 Å². The van der Waals surface area contributed by atoms with Gasteiger partial charge in [-0.15, -0.1) is 0 Å². The second kappa shape index (κ2) is 4.86. The highest BCUT2D eigenvalue weighted by Crippen LogP contribution is 2.29. The molecule has 3 N–H and O–H groups in total. The molecule has 0 fully saturated rings. The average molecular weight is 265 g/mol. The van der Waals surface area contributed by atoms with Gasteiger partial charge in [0.15, 0.2) is 0 Å². The van der Waals surface area contributed by atoms with Gasteiger partial charge in [0.1, 0.15) is 5.82 Å². The fourth-order valence-corrected chi connectivity index (χ4v) is 1.82. The summed E-state index contributed by atoms with van der Waals surface area (Å²) in [4.78, 5) is 0. The molecule has 0 saturated heterocycles. The summed E-state index contributed by atoms with van der Waals surface area (Å²) < 4.78 is 13.4. The van der Waals surface area contributed by atoms with Gasteiger partial charge in [-0.2, -0.15) is 0 Å². The van der Waals surface area contributed by atoms with Crippen molar-refractivity contribution >= 4 is 28.7 Å². The SMILES string of the molecule is Cc1ccc(Nc2cc(F)c(Cl)cc2N)cc1C. The first-order valence-electron chi connectivity index (χ1n) is 5.56. The summed E-state index contributed by atoms with van der Waals surface area (Å²) in [6.45, 7) is 4.06. The first kappa shape index (κ1) is 12.7. The summed E-state index contributed by atoms with van der Waals surface area (Å²) in [5.74, 6) is -0.489. The molecule has 18 heavy (non-hydrogen) atoms. The van der Waals surface area contributed by atoms with Gasteiger partial charge >= 0.3 is 0 Å². The van der Waals surface area contributed by atoms with E-state index >= 15 is 0 Å². The minimum atomic E-state index is -0.489. The van der Waals surface area contributed by atoms with Gasteiger partial charge in [-0.05, 0) is 43.2 Å². The number of nitrogens with one attached hydrogen (secondary N) is 1. The van der Waals surface area contributed by atoms with Crippen molar-refractivity contribution < 1.29 is 4.39 Å². The molecule has 0 aliphatic rings. The van der Waals surface area contributed by atoms with Crippen molar-refractivity contribution in [3.63, 3.8) is 0 Å². The summed E-state index contributed by atoms with van der Waals surface area (Å²) in [7, 11) is 0. The van der Waals surface area contributed by atoms with Gasteiger partial charge < -0.3 is 11.1 Å². The molecule has 0 heterocycles. The van der Waals surface area contributed by atoms with E-state index in [2.05, 4.69) is 5.32 Å². The molecule has 0 bridgehead atoms. The number of rotatable bonds is 2. The van der Waals surface area contributed by atoms with Crippen molar-refractivity contribution in [3.05, 3.63) is 52.3 Å². The van der Waals surface area contributed by atoms with Crippen LogP contribution in [0.15, 0.2) is 30.3 Å². The molecule has 0 amide bonds. The molecule has 2 aromatic carbocycles. The molecule has 0 saturated carbocycles. The van der Waals surface area contributed by atoms with Crippen LogP contribution in [0.3, 0.4) is 0 Å². The number of benzene rings is 2. The van der Waals surface area contributed by atoms with Crippen LogP contribution in [0, 0.1) is 19.7 Å². The van der Waals surface area contributed by atoms with E-state index in [9.17, 15) is 4.39 Å². The Morgan fingerprint density at radius 2 is 1.83 bits per heavy atom.